The molecule has 0 saturated heterocycles. The third-order valence-electron chi connectivity index (χ3n) is 12.1. The Labute approximate surface area is 254 Å². The Morgan fingerprint density at radius 3 is 1.09 bits per heavy atom. The standard InChI is InChI=1S/C33H56F6N2O2/c1-17-11-21(12-18(2)29(17)42-27-9-7-23(40)15-25(27)32(34,35)36)31(5,6)22-13-19(3)30(20(4)14-22)43-28-10-8-24(41)16-26(28)33(37,38)39/h17-30H,7-16,40-41H2,1-6H3. The molecular formula is C33H56F6N2O2. The molecule has 4 aliphatic carbocycles. The number of nitrogens with two attached hydrogens (primary N) is 2. The third-order valence-corrected chi connectivity index (χ3v) is 12.1. The second-order valence-electron chi connectivity index (χ2n) is 15.8. The van der Waals surface area contributed by atoms with Gasteiger partial charge < -0.3 is 20.9 Å². The topological polar surface area (TPSA) is 70.5 Å². The summed E-state index contributed by atoms with van der Waals surface area (Å²) in [4.78, 5) is 0. The molecule has 4 nitrogen and oxygen atoms in total. The van der Waals surface area contributed by atoms with E-state index in [-0.39, 0.29) is 54.1 Å². The molecule has 0 spiro atoms. The maximum Gasteiger partial charge on any atom is 0.394 e. The first-order valence-electron chi connectivity index (χ1n) is 16.7. The third kappa shape index (κ3) is 8.05. The van der Waals surface area contributed by atoms with Crippen LogP contribution >= 0.6 is 0 Å². The monoisotopic (exact) mass is 626 g/mol. The summed E-state index contributed by atoms with van der Waals surface area (Å²) in [5.41, 5.74) is 11.8. The molecule has 0 aromatic carbocycles. The van der Waals surface area contributed by atoms with E-state index in [9.17, 15) is 26.3 Å². The van der Waals surface area contributed by atoms with E-state index in [0.717, 1.165) is 25.7 Å². The molecule has 10 unspecified atom stereocenters. The van der Waals surface area contributed by atoms with Crippen LogP contribution in [-0.2, 0) is 9.47 Å². The van der Waals surface area contributed by atoms with E-state index < -0.39 is 48.5 Å². The van der Waals surface area contributed by atoms with Crippen molar-refractivity contribution in [2.24, 2.45) is 64.2 Å². The quantitative estimate of drug-likeness (QED) is 0.291. The highest BCUT2D eigenvalue weighted by molar-refractivity contribution is 4.98. The van der Waals surface area contributed by atoms with E-state index in [1.165, 1.54) is 0 Å². The minimum atomic E-state index is -4.32. The van der Waals surface area contributed by atoms with Crippen LogP contribution in [0.3, 0.4) is 0 Å². The molecule has 4 saturated carbocycles. The van der Waals surface area contributed by atoms with Crippen LogP contribution in [0, 0.1) is 52.8 Å². The molecule has 4 fully saturated rings. The van der Waals surface area contributed by atoms with Gasteiger partial charge in [-0.3, -0.25) is 0 Å². The predicted molar refractivity (Wildman–Crippen MR) is 156 cm³/mol. The highest BCUT2D eigenvalue weighted by atomic mass is 19.4. The Morgan fingerprint density at radius 1 is 0.512 bits per heavy atom. The van der Waals surface area contributed by atoms with E-state index >= 15 is 0 Å². The smallest absolute Gasteiger partial charge is 0.374 e. The van der Waals surface area contributed by atoms with Crippen molar-refractivity contribution in [1.29, 1.82) is 0 Å². The Kier molecular flexibility index (Phi) is 10.9. The number of ether oxygens (including phenoxy) is 2. The van der Waals surface area contributed by atoms with Crippen LogP contribution in [0.15, 0.2) is 0 Å². The van der Waals surface area contributed by atoms with Gasteiger partial charge in [-0.2, -0.15) is 26.3 Å². The predicted octanol–water partition coefficient (Wildman–Crippen LogP) is 8.26. The molecule has 0 aliphatic heterocycles. The summed E-state index contributed by atoms with van der Waals surface area (Å²) in [7, 11) is 0. The van der Waals surface area contributed by atoms with Crippen molar-refractivity contribution in [3.8, 4) is 0 Å². The van der Waals surface area contributed by atoms with Gasteiger partial charge in [-0.25, -0.2) is 0 Å². The van der Waals surface area contributed by atoms with E-state index in [1.807, 2.05) is 0 Å². The number of halogens is 6. The van der Waals surface area contributed by atoms with Crippen molar-refractivity contribution in [2.75, 3.05) is 0 Å². The van der Waals surface area contributed by atoms with E-state index in [0.29, 0.717) is 37.5 Å². The lowest BCUT2D eigenvalue weighted by molar-refractivity contribution is -0.236. The average Bonchev–Trinajstić information content (AvgIpc) is 2.88. The molecule has 0 amide bonds. The molecule has 4 rings (SSSR count). The molecule has 0 aromatic rings. The van der Waals surface area contributed by atoms with Crippen molar-refractivity contribution < 1.29 is 35.8 Å². The van der Waals surface area contributed by atoms with Crippen molar-refractivity contribution in [2.45, 2.75) is 155 Å². The maximum atomic E-state index is 13.8. The fourth-order valence-corrected chi connectivity index (χ4v) is 9.50. The molecule has 43 heavy (non-hydrogen) atoms. The van der Waals surface area contributed by atoms with Crippen LogP contribution in [0.25, 0.3) is 0 Å². The van der Waals surface area contributed by atoms with E-state index in [4.69, 9.17) is 20.9 Å². The Morgan fingerprint density at radius 2 is 0.814 bits per heavy atom. The number of rotatable bonds is 6. The summed E-state index contributed by atoms with van der Waals surface area (Å²) in [5.74, 6) is -1.75. The first kappa shape index (κ1) is 35.3. The van der Waals surface area contributed by atoms with Crippen LogP contribution < -0.4 is 11.5 Å². The zero-order chi connectivity index (χ0) is 32.1. The molecule has 4 N–H and O–H groups in total. The van der Waals surface area contributed by atoms with Crippen LogP contribution in [0.1, 0.15) is 106 Å². The van der Waals surface area contributed by atoms with Crippen LogP contribution in [0.4, 0.5) is 26.3 Å². The lowest BCUT2D eigenvalue weighted by Crippen LogP contribution is -2.51. The lowest BCUT2D eigenvalue weighted by atomic mass is 9.55. The minimum Gasteiger partial charge on any atom is -0.374 e. The molecule has 10 atom stereocenters. The van der Waals surface area contributed by atoms with Crippen LogP contribution in [0.2, 0.25) is 0 Å². The van der Waals surface area contributed by atoms with Gasteiger partial charge in [0, 0.05) is 12.1 Å². The fraction of sp³-hybridized carbons (Fsp3) is 1.00. The van der Waals surface area contributed by atoms with Gasteiger partial charge in [0.25, 0.3) is 0 Å². The SMILES string of the molecule is CC1CC(C(C)(C)C2CC(C)C(OC3CCC(N)CC3C(F)(F)F)C(C)C2)CC(C)C1OC1CCC(N)CC1C(F)(F)F. The Hall–Kier alpha value is -0.580. The van der Waals surface area contributed by atoms with Gasteiger partial charge in [0.2, 0.25) is 0 Å². The summed E-state index contributed by atoms with van der Waals surface area (Å²) in [6.07, 6.45) is -5.56. The Balaban J connectivity index is 1.38. The molecule has 0 bridgehead atoms. The average molecular weight is 627 g/mol. The zero-order valence-electron chi connectivity index (χ0n) is 26.9. The van der Waals surface area contributed by atoms with Gasteiger partial charge in [-0.1, -0.05) is 41.5 Å². The fourth-order valence-electron chi connectivity index (χ4n) is 9.50. The number of hydrogen-bond donors (Lipinski definition) is 2. The molecule has 0 radical (unpaired) electrons. The van der Waals surface area contributed by atoms with E-state index in [2.05, 4.69) is 41.5 Å². The van der Waals surface area contributed by atoms with Crippen molar-refractivity contribution in [3.63, 3.8) is 0 Å². The van der Waals surface area contributed by atoms with Gasteiger partial charge >= 0.3 is 12.4 Å². The first-order chi connectivity index (χ1) is 19.8. The summed E-state index contributed by atoms with van der Waals surface area (Å²) in [6, 6.07) is -0.870. The first-order valence-corrected chi connectivity index (χ1v) is 16.7. The van der Waals surface area contributed by atoms with Crippen molar-refractivity contribution in [3.05, 3.63) is 0 Å². The highest BCUT2D eigenvalue weighted by Crippen LogP contribution is 2.54. The molecule has 10 heteroatoms. The van der Waals surface area contributed by atoms with Crippen LogP contribution in [-0.4, -0.2) is 48.9 Å². The maximum absolute atomic E-state index is 13.8. The van der Waals surface area contributed by atoms with Crippen molar-refractivity contribution in [1.82, 2.24) is 0 Å². The summed E-state index contributed by atoms with van der Waals surface area (Å²) in [6.45, 7) is 13.1. The highest BCUT2D eigenvalue weighted by Gasteiger charge is 2.53. The van der Waals surface area contributed by atoms with Gasteiger partial charge in [0.05, 0.1) is 36.3 Å². The number of hydrogen-bond acceptors (Lipinski definition) is 4. The normalized spacial score (nSPS) is 45.6. The minimum absolute atomic E-state index is 0.0286. The zero-order valence-corrected chi connectivity index (χ0v) is 26.9. The lowest BCUT2D eigenvalue weighted by Gasteiger charge is -2.53. The molecule has 0 aromatic heterocycles. The summed E-state index contributed by atoms with van der Waals surface area (Å²) in [5, 5.41) is 0. The molecule has 252 valence electrons. The van der Waals surface area contributed by atoms with Gasteiger partial charge in [-0.05, 0) is 105 Å². The summed E-state index contributed by atoms with van der Waals surface area (Å²) < 4.78 is 95.7. The second kappa shape index (κ2) is 13.3. The molecular weight excluding hydrogens is 570 g/mol. The number of alkyl halides is 6. The van der Waals surface area contributed by atoms with Crippen molar-refractivity contribution >= 4 is 0 Å². The van der Waals surface area contributed by atoms with Crippen LogP contribution in [0.5, 0.6) is 0 Å². The van der Waals surface area contributed by atoms with E-state index in [1.54, 1.807) is 0 Å². The van der Waals surface area contributed by atoms with Gasteiger partial charge in [0.15, 0.2) is 0 Å². The molecule has 4 aliphatic rings. The molecule has 0 heterocycles. The summed E-state index contributed by atoms with van der Waals surface area (Å²) >= 11 is 0. The Bertz CT molecular complexity index is 819. The van der Waals surface area contributed by atoms with Gasteiger partial charge in [-0.15, -0.1) is 0 Å². The second-order valence-corrected chi connectivity index (χ2v) is 15.8. The van der Waals surface area contributed by atoms with Gasteiger partial charge in [0.1, 0.15) is 0 Å². The largest absolute Gasteiger partial charge is 0.394 e.